The molecule has 1 aromatic rings. The molecule has 116 valence electrons. The number of aliphatic carboxylic acids is 1. The van der Waals surface area contributed by atoms with Crippen LogP contribution in [0.1, 0.15) is 13.8 Å². The highest BCUT2D eigenvalue weighted by molar-refractivity contribution is 7.89. The minimum atomic E-state index is -3.93. The number of rotatable bonds is 7. The summed E-state index contributed by atoms with van der Waals surface area (Å²) in [5.41, 5.74) is 3.67. The van der Waals surface area contributed by atoms with Crippen molar-refractivity contribution in [2.24, 2.45) is 5.73 Å². The second-order valence-corrected chi connectivity index (χ2v) is 6.43. The number of sulfonamides is 1. The lowest BCUT2D eigenvalue weighted by atomic mass is 10.1. The van der Waals surface area contributed by atoms with Gasteiger partial charge in [0.1, 0.15) is 11.3 Å². The molecular weight excluding hydrogens is 300 g/mol. The van der Waals surface area contributed by atoms with Gasteiger partial charge < -0.3 is 15.6 Å². The van der Waals surface area contributed by atoms with Crippen molar-refractivity contribution in [3.63, 3.8) is 0 Å². The van der Waals surface area contributed by atoms with Crippen molar-refractivity contribution in [2.45, 2.75) is 24.3 Å². The minimum absolute atomic E-state index is 0.0977. The number of carboxylic acids is 1. The number of carbonyl (C=O) groups excluding carboxylic acids is 1. The van der Waals surface area contributed by atoms with Crippen LogP contribution in [0.15, 0.2) is 29.2 Å². The zero-order valence-corrected chi connectivity index (χ0v) is 12.3. The van der Waals surface area contributed by atoms with Crippen LogP contribution in [-0.2, 0) is 19.6 Å². The van der Waals surface area contributed by atoms with Crippen molar-refractivity contribution in [2.75, 3.05) is 6.61 Å². The highest BCUT2D eigenvalue weighted by Gasteiger charge is 2.31. The molecule has 0 saturated carbocycles. The van der Waals surface area contributed by atoms with Crippen LogP contribution >= 0.6 is 0 Å². The maximum Gasteiger partial charge on any atom is 0.341 e. The summed E-state index contributed by atoms with van der Waals surface area (Å²) in [4.78, 5) is 21.4. The smallest absolute Gasteiger partial charge is 0.341 e. The summed E-state index contributed by atoms with van der Waals surface area (Å²) >= 11 is 0. The van der Waals surface area contributed by atoms with Gasteiger partial charge in [0.05, 0.1) is 4.90 Å². The number of hydrogen-bond donors (Lipinski definition) is 3. The van der Waals surface area contributed by atoms with Gasteiger partial charge in [-0.1, -0.05) is 0 Å². The summed E-state index contributed by atoms with van der Waals surface area (Å²) in [6.45, 7) is 2.16. The molecule has 0 bridgehead atoms. The van der Waals surface area contributed by atoms with Crippen molar-refractivity contribution >= 4 is 21.9 Å². The van der Waals surface area contributed by atoms with Crippen LogP contribution in [0, 0.1) is 0 Å². The second kappa shape index (κ2) is 6.10. The Morgan fingerprint density at radius 1 is 1.29 bits per heavy atom. The van der Waals surface area contributed by atoms with Crippen molar-refractivity contribution < 1.29 is 27.9 Å². The van der Waals surface area contributed by atoms with Gasteiger partial charge in [-0.05, 0) is 38.1 Å². The summed E-state index contributed by atoms with van der Waals surface area (Å²) < 4.78 is 31.2. The Morgan fingerprint density at radius 2 is 1.81 bits per heavy atom. The number of benzene rings is 1. The number of hydrogen-bond acceptors (Lipinski definition) is 5. The highest BCUT2D eigenvalue weighted by Crippen LogP contribution is 2.17. The standard InChI is InChI=1S/C12H16N2O6S/c1-12(2,11(13)17)14-21(18,19)9-5-3-8(4-6-9)20-7-10(15)16/h3-6,14H,7H2,1-2H3,(H2,13,17)(H,15,16). The van der Waals surface area contributed by atoms with Gasteiger partial charge in [0.15, 0.2) is 6.61 Å². The fourth-order valence-corrected chi connectivity index (χ4v) is 2.69. The van der Waals surface area contributed by atoms with E-state index in [1.165, 1.54) is 38.1 Å². The number of primary amides is 1. The fourth-order valence-electron chi connectivity index (χ4n) is 1.31. The van der Waals surface area contributed by atoms with Gasteiger partial charge in [-0.25, -0.2) is 13.2 Å². The molecule has 1 aromatic carbocycles. The van der Waals surface area contributed by atoms with E-state index in [9.17, 15) is 18.0 Å². The first kappa shape index (κ1) is 16.9. The first-order chi connectivity index (χ1) is 9.54. The number of ether oxygens (including phenoxy) is 1. The Morgan fingerprint density at radius 3 is 2.24 bits per heavy atom. The van der Waals surface area contributed by atoms with Crippen LogP contribution < -0.4 is 15.2 Å². The third kappa shape index (κ3) is 4.72. The lowest BCUT2D eigenvalue weighted by molar-refractivity contribution is -0.139. The van der Waals surface area contributed by atoms with Crippen molar-refractivity contribution in [3.8, 4) is 5.75 Å². The number of carboxylic acid groups (broad SMARTS) is 1. The molecule has 0 aromatic heterocycles. The Bertz CT molecular complexity index is 636. The molecule has 0 unspecified atom stereocenters. The molecule has 9 heteroatoms. The molecule has 0 spiro atoms. The Balaban J connectivity index is 2.90. The highest BCUT2D eigenvalue weighted by atomic mass is 32.2. The molecule has 1 rings (SSSR count). The summed E-state index contributed by atoms with van der Waals surface area (Å²) in [5, 5.41) is 8.46. The average molecular weight is 316 g/mol. The monoisotopic (exact) mass is 316 g/mol. The number of amides is 1. The molecule has 0 aliphatic heterocycles. The third-order valence-corrected chi connectivity index (χ3v) is 4.17. The minimum Gasteiger partial charge on any atom is -0.482 e. The second-order valence-electron chi connectivity index (χ2n) is 4.75. The molecule has 0 atom stereocenters. The van der Waals surface area contributed by atoms with E-state index in [1.54, 1.807) is 0 Å². The van der Waals surface area contributed by atoms with Gasteiger partial charge >= 0.3 is 5.97 Å². The van der Waals surface area contributed by atoms with E-state index < -0.39 is 34.0 Å². The van der Waals surface area contributed by atoms with Gasteiger partial charge in [-0.2, -0.15) is 4.72 Å². The quantitative estimate of drug-likeness (QED) is 0.631. The van der Waals surface area contributed by atoms with Crippen LogP contribution in [0.4, 0.5) is 0 Å². The predicted octanol–water partition coefficient (Wildman–Crippen LogP) is -0.308. The number of nitrogens with two attached hydrogens (primary N) is 1. The lowest BCUT2D eigenvalue weighted by Crippen LogP contribution is -2.52. The van der Waals surface area contributed by atoms with Crippen molar-refractivity contribution in [1.82, 2.24) is 4.72 Å². The Labute approximate surface area is 122 Å². The zero-order chi connectivity index (χ0) is 16.3. The summed E-state index contributed by atoms with van der Waals surface area (Å²) in [6, 6.07) is 5.09. The van der Waals surface area contributed by atoms with Gasteiger partial charge in [0, 0.05) is 0 Å². The third-order valence-electron chi connectivity index (χ3n) is 2.50. The normalized spacial score (nSPS) is 11.9. The predicted molar refractivity (Wildman–Crippen MR) is 73.2 cm³/mol. The van der Waals surface area contributed by atoms with Crippen molar-refractivity contribution in [1.29, 1.82) is 0 Å². The molecule has 4 N–H and O–H groups in total. The first-order valence-electron chi connectivity index (χ1n) is 5.83. The molecule has 1 amide bonds. The topological polar surface area (TPSA) is 136 Å². The van der Waals surface area contributed by atoms with Gasteiger partial charge in [0.2, 0.25) is 15.9 Å². The number of nitrogens with one attached hydrogen (secondary N) is 1. The maximum absolute atomic E-state index is 12.1. The van der Waals surface area contributed by atoms with Crippen LogP contribution in [0.5, 0.6) is 5.75 Å². The first-order valence-corrected chi connectivity index (χ1v) is 7.31. The van der Waals surface area contributed by atoms with E-state index in [-0.39, 0.29) is 10.6 Å². The average Bonchev–Trinajstić information content (AvgIpc) is 2.35. The van der Waals surface area contributed by atoms with E-state index in [4.69, 9.17) is 15.6 Å². The van der Waals surface area contributed by atoms with E-state index in [0.717, 1.165) is 0 Å². The fraction of sp³-hybridized carbons (Fsp3) is 0.333. The Hall–Kier alpha value is -2.13. The molecule has 0 radical (unpaired) electrons. The molecule has 0 aliphatic rings. The maximum atomic E-state index is 12.1. The zero-order valence-electron chi connectivity index (χ0n) is 11.5. The van der Waals surface area contributed by atoms with Crippen LogP contribution in [0.2, 0.25) is 0 Å². The molecular formula is C12H16N2O6S. The van der Waals surface area contributed by atoms with E-state index in [0.29, 0.717) is 0 Å². The van der Waals surface area contributed by atoms with Gasteiger partial charge in [-0.3, -0.25) is 4.79 Å². The molecule has 0 saturated heterocycles. The van der Waals surface area contributed by atoms with Gasteiger partial charge in [-0.15, -0.1) is 0 Å². The van der Waals surface area contributed by atoms with E-state index >= 15 is 0 Å². The summed E-state index contributed by atoms with van der Waals surface area (Å²) in [7, 11) is -3.93. The molecule has 8 nitrogen and oxygen atoms in total. The molecule has 21 heavy (non-hydrogen) atoms. The van der Waals surface area contributed by atoms with Crippen LogP contribution in [0.25, 0.3) is 0 Å². The summed E-state index contributed by atoms with van der Waals surface area (Å²) in [6.07, 6.45) is 0. The summed E-state index contributed by atoms with van der Waals surface area (Å²) in [5.74, 6) is -1.74. The Kier molecular flexibility index (Phi) is 4.92. The lowest BCUT2D eigenvalue weighted by Gasteiger charge is -2.22. The van der Waals surface area contributed by atoms with E-state index in [1.807, 2.05) is 0 Å². The van der Waals surface area contributed by atoms with Crippen LogP contribution in [0.3, 0.4) is 0 Å². The molecule has 0 fully saturated rings. The van der Waals surface area contributed by atoms with Crippen molar-refractivity contribution in [3.05, 3.63) is 24.3 Å². The van der Waals surface area contributed by atoms with Gasteiger partial charge in [0.25, 0.3) is 0 Å². The number of carbonyl (C=O) groups is 2. The largest absolute Gasteiger partial charge is 0.482 e. The van der Waals surface area contributed by atoms with E-state index in [2.05, 4.69) is 4.72 Å². The molecule has 0 aliphatic carbocycles. The van der Waals surface area contributed by atoms with Crippen LogP contribution in [-0.4, -0.2) is 37.5 Å². The molecule has 0 heterocycles. The SMILES string of the molecule is CC(C)(NS(=O)(=O)c1ccc(OCC(=O)O)cc1)C(N)=O.